The summed E-state index contributed by atoms with van der Waals surface area (Å²) in [5.41, 5.74) is 1.20. The highest BCUT2D eigenvalue weighted by Crippen LogP contribution is 2.24. The van der Waals surface area contributed by atoms with Gasteiger partial charge in [-0.2, -0.15) is 0 Å². The second kappa shape index (κ2) is 9.21. The monoisotopic (exact) mass is 372 g/mol. The van der Waals surface area contributed by atoms with Crippen LogP contribution in [0.5, 0.6) is 0 Å². The molecule has 140 valence electrons. The Kier molecular flexibility index (Phi) is 6.72. The molecule has 1 aromatic heterocycles. The molecule has 1 aliphatic rings. The molecule has 1 heterocycles. The van der Waals surface area contributed by atoms with Gasteiger partial charge in [-0.3, -0.25) is 4.79 Å². The lowest BCUT2D eigenvalue weighted by Gasteiger charge is -2.19. The third-order valence-corrected chi connectivity index (χ3v) is 6.02. The molecule has 1 saturated carbocycles. The van der Waals surface area contributed by atoms with Crippen molar-refractivity contribution in [3.8, 4) is 0 Å². The summed E-state index contributed by atoms with van der Waals surface area (Å²) < 4.78 is 2.08. The zero-order valence-corrected chi connectivity index (χ0v) is 16.5. The molecule has 0 saturated heterocycles. The molecule has 0 spiro atoms. The zero-order chi connectivity index (χ0) is 18.4. The Morgan fingerprint density at radius 1 is 1.19 bits per heavy atom. The number of aryl methyl sites for hydroxylation is 1. The van der Waals surface area contributed by atoms with Crippen LogP contribution >= 0.6 is 11.8 Å². The number of thioether (sulfide) groups is 1. The SMILES string of the molecule is Cc1nnc(S[C@H](C)C(=O)NC2CCCCCC2)n1Cc1ccccc1. The average molecular weight is 373 g/mol. The molecule has 1 fully saturated rings. The normalized spacial score (nSPS) is 16.8. The molecule has 6 heteroatoms. The first kappa shape index (κ1) is 19.0. The van der Waals surface area contributed by atoms with E-state index in [9.17, 15) is 4.79 Å². The third kappa shape index (κ3) is 5.10. The van der Waals surface area contributed by atoms with E-state index in [4.69, 9.17) is 0 Å². The number of hydrogen-bond donors (Lipinski definition) is 1. The van der Waals surface area contributed by atoms with Gasteiger partial charge in [-0.25, -0.2) is 0 Å². The predicted molar refractivity (Wildman–Crippen MR) is 105 cm³/mol. The molecule has 26 heavy (non-hydrogen) atoms. The maximum atomic E-state index is 12.6. The van der Waals surface area contributed by atoms with Crippen molar-refractivity contribution in [2.24, 2.45) is 0 Å². The molecule has 1 N–H and O–H groups in total. The minimum absolute atomic E-state index is 0.105. The number of benzene rings is 1. The first-order valence-electron chi connectivity index (χ1n) is 9.54. The molecule has 1 atom stereocenters. The van der Waals surface area contributed by atoms with Gasteiger partial charge in [0.15, 0.2) is 5.16 Å². The molecule has 3 rings (SSSR count). The van der Waals surface area contributed by atoms with Crippen molar-refractivity contribution in [2.75, 3.05) is 0 Å². The molecule has 1 amide bonds. The van der Waals surface area contributed by atoms with Crippen LogP contribution in [0.2, 0.25) is 0 Å². The quantitative estimate of drug-likeness (QED) is 0.616. The number of nitrogens with one attached hydrogen (secondary N) is 1. The molecule has 0 radical (unpaired) electrons. The smallest absolute Gasteiger partial charge is 0.233 e. The van der Waals surface area contributed by atoms with E-state index < -0.39 is 0 Å². The van der Waals surface area contributed by atoms with Crippen LogP contribution in [0.25, 0.3) is 0 Å². The van der Waals surface area contributed by atoms with Gasteiger partial charge >= 0.3 is 0 Å². The van der Waals surface area contributed by atoms with Crippen molar-refractivity contribution in [3.63, 3.8) is 0 Å². The van der Waals surface area contributed by atoms with Crippen molar-refractivity contribution < 1.29 is 4.79 Å². The summed E-state index contributed by atoms with van der Waals surface area (Å²) in [6.07, 6.45) is 7.23. The molecule has 5 nitrogen and oxygen atoms in total. The Hall–Kier alpha value is -1.82. The molecule has 1 aromatic carbocycles. The summed E-state index contributed by atoms with van der Waals surface area (Å²) in [6, 6.07) is 10.6. The number of amides is 1. The van der Waals surface area contributed by atoms with Crippen molar-refractivity contribution in [3.05, 3.63) is 41.7 Å². The van der Waals surface area contributed by atoms with Crippen molar-refractivity contribution in [2.45, 2.75) is 75.4 Å². The van der Waals surface area contributed by atoms with Crippen LogP contribution in [0.15, 0.2) is 35.5 Å². The summed E-state index contributed by atoms with van der Waals surface area (Å²) in [4.78, 5) is 12.6. The van der Waals surface area contributed by atoms with Gasteiger partial charge in [-0.1, -0.05) is 67.8 Å². The van der Waals surface area contributed by atoms with Gasteiger partial charge in [0.25, 0.3) is 0 Å². The highest BCUT2D eigenvalue weighted by Gasteiger charge is 2.22. The minimum Gasteiger partial charge on any atom is -0.352 e. The molecule has 1 aliphatic carbocycles. The summed E-state index contributed by atoms with van der Waals surface area (Å²) >= 11 is 1.49. The molecule has 0 unspecified atom stereocenters. The fraction of sp³-hybridized carbons (Fsp3) is 0.550. The van der Waals surface area contributed by atoms with Gasteiger partial charge in [0, 0.05) is 6.04 Å². The lowest BCUT2D eigenvalue weighted by molar-refractivity contribution is -0.121. The lowest BCUT2D eigenvalue weighted by atomic mass is 10.1. The zero-order valence-electron chi connectivity index (χ0n) is 15.6. The first-order chi connectivity index (χ1) is 12.6. The maximum Gasteiger partial charge on any atom is 0.233 e. The lowest BCUT2D eigenvalue weighted by Crippen LogP contribution is -2.39. The Morgan fingerprint density at radius 3 is 2.58 bits per heavy atom. The van der Waals surface area contributed by atoms with Crippen molar-refractivity contribution >= 4 is 17.7 Å². The first-order valence-corrected chi connectivity index (χ1v) is 10.4. The number of carbonyl (C=O) groups is 1. The summed E-state index contributed by atoms with van der Waals surface area (Å²) in [7, 11) is 0. The van der Waals surface area contributed by atoms with Crippen LogP contribution in [0.3, 0.4) is 0 Å². The third-order valence-electron chi connectivity index (χ3n) is 4.94. The number of hydrogen-bond acceptors (Lipinski definition) is 4. The van der Waals surface area contributed by atoms with E-state index in [1.165, 1.54) is 43.0 Å². The number of nitrogens with zero attached hydrogens (tertiary/aromatic N) is 3. The van der Waals surface area contributed by atoms with E-state index in [-0.39, 0.29) is 11.2 Å². The second-order valence-electron chi connectivity index (χ2n) is 7.06. The van der Waals surface area contributed by atoms with Crippen molar-refractivity contribution in [1.82, 2.24) is 20.1 Å². The predicted octanol–water partition coefficient (Wildman–Crippen LogP) is 3.95. The number of rotatable bonds is 6. The Balaban J connectivity index is 1.61. The van der Waals surface area contributed by atoms with E-state index in [0.29, 0.717) is 6.04 Å². The van der Waals surface area contributed by atoms with E-state index in [2.05, 4.69) is 32.2 Å². The topological polar surface area (TPSA) is 59.8 Å². The van der Waals surface area contributed by atoms with Gasteiger partial charge in [-0.05, 0) is 32.3 Å². The van der Waals surface area contributed by atoms with Crippen LogP contribution < -0.4 is 5.32 Å². The second-order valence-corrected chi connectivity index (χ2v) is 8.37. The standard InChI is InChI=1S/C20H28N4OS/c1-15(19(25)21-18-12-8-3-4-9-13-18)26-20-23-22-16(2)24(20)14-17-10-6-5-7-11-17/h5-7,10-11,15,18H,3-4,8-9,12-14H2,1-2H3,(H,21,25)/t15-/m1/s1. The highest BCUT2D eigenvalue weighted by molar-refractivity contribution is 8.00. The Morgan fingerprint density at radius 2 is 1.88 bits per heavy atom. The van der Waals surface area contributed by atoms with E-state index in [1.807, 2.05) is 32.0 Å². The van der Waals surface area contributed by atoms with Crippen LogP contribution in [-0.2, 0) is 11.3 Å². The summed E-state index contributed by atoms with van der Waals surface area (Å²) in [5, 5.41) is 12.4. The fourth-order valence-electron chi connectivity index (χ4n) is 3.35. The van der Waals surface area contributed by atoms with E-state index in [1.54, 1.807) is 0 Å². The minimum atomic E-state index is -0.184. The largest absolute Gasteiger partial charge is 0.352 e. The fourth-order valence-corrected chi connectivity index (χ4v) is 4.25. The highest BCUT2D eigenvalue weighted by atomic mass is 32.2. The molecular weight excluding hydrogens is 344 g/mol. The Labute approximate surface area is 160 Å². The van der Waals surface area contributed by atoms with Gasteiger partial charge < -0.3 is 9.88 Å². The summed E-state index contributed by atoms with van der Waals surface area (Å²) in [6.45, 7) is 4.63. The van der Waals surface area contributed by atoms with E-state index >= 15 is 0 Å². The van der Waals surface area contributed by atoms with Crippen LogP contribution in [0.4, 0.5) is 0 Å². The molecule has 0 aliphatic heterocycles. The van der Waals surface area contributed by atoms with Crippen LogP contribution in [0, 0.1) is 6.92 Å². The van der Waals surface area contributed by atoms with Crippen LogP contribution in [-0.4, -0.2) is 32.0 Å². The van der Waals surface area contributed by atoms with Crippen molar-refractivity contribution in [1.29, 1.82) is 0 Å². The molecule has 0 bridgehead atoms. The van der Waals surface area contributed by atoms with E-state index in [0.717, 1.165) is 30.4 Å². The number of aromatic nitrogens is 3. The summed E-state index contributed by atoms with van der Waals surface area (Å²) in [5.74, 6) is 0.974. The maximum absolute atomic E-state index is 12.6. The Bertz CT molecular complexity index is 708. The van der Waals surface area contributed by atoms with Gasteiger partial charge in [0.1, 0.15) is 5.82 Å². The number of carbonyl (C=O) groups excluding carboxylic acids is 1. The van der Waals surface area contributed by atoms with Crippen LogP contribution in [0.1, 0.15) is 56.8 Å². The van der Waals surface area contributed by atoms with Gasteiger partial charge in [-0.15, -0.1) is 10.2 Å². The van der Waals surface area contributed by atoms with Gasteiger partial charge in [0.05, 0.1) is 11.8 Å². The average Bonchev–Trinajstić information content (AvgIpc) is 2.85. The molecular formula is C20H28N4OS. The van der Waals surface area contributed by atoms with Gasteiger partial charge in [0.2, 0.25) is 5.91 Å². The molecule has 2 aromatic rings.